The number of hydrogen-bond acceptors (Lipinski definition) is 2. The van der Waals surface area contributed by atoms with Crippen LogP contribution in [0, 0.1) is 13.8 Å². The highest BCUT2D eigenvalue weighted by atomic mass is 14.9. The molecule has 0 saturated carbocycles. The highest BCUT2D eigenvalue weighted by Crippen LogP contribution is 2.20. The van der Waals surface area contributed by atoms with Crippen LogP contribution in [-0.4, -0.2) is 5.84 Å². The number of fused-ring (bicyclic) bond motifs is 1. The van der Waals surface area contributed by atoms with Crippen molar-refractivity contribution >= 4 is 5.84 Å². The number of aliphatic imine (C=N–C) groups is 1. The Morgan fingerprint density at radius 2 is 1.71 bits per heavy atom. The zero-order valence-electron chi connectivity index (χ0n) is 9.39. The lowest BCUT2D eigenvalue weighted by molar-refractivity contribution is 1.10. The monoisotopic (exact) mass is 190 g/mol. The summed E-state index contributed by atoms with van der Waals surface area (Å²) < 4.78 is 0. The average Bonchev–Trinajstić information content (AvgIpc) is 2.53. The van der Waals surface area contributed by atoms with Crippen molar-refractivity contribution in [1.82, 2.24) is 0 Å². The maximum absolute atomic E-state index is 5.72. The predicted molar refractivity (Wildman–Crippen MR) is 61.7 cm³/mol. The fraction of sp³-hybridized carbons (Fsp3) is 0.417. The second-order valence-electron chi connectivity index (χ2n) is 3.30. The van der Waals surface area contributed by atoms with E-state index in [9.17, 15) is 0 Å². The Labute approximate surface area is 85.9 Å². The van der Waals surface area contributed by atoms with E-state index in [1.807, 2.05) is 13.8 Å². The van der Waals surface area contributed by atoms with Crippen molar-refractivity contribution in [1.29, 1.82) is 0 Å². The van der Waals surface area contributed by atoms with Crippen molar-refractivity contribution in [3.05, 3.63) is 34.4 Å². The summed E-state index contributed by atoms with van der Waals surface area (Å²) in [5.41, 5.74) is 10.7. The maximum Gasteiger partial charge on any atom is 0.126 e. The molecule has 0 bridgehead atoms. The fourth-order valence-corrected chi connectivity index (χ4v) is 1.50. The molecule has 0 aromatic heterocycles. The summed E-state index contributed by atoms with van der Waals surface area (Å²) in [5.74, 6) is 0.688. The van der Waals surface area contributed by atoms with Gasteiger partial charge >= 0.3 is 0 Å². The normalized spacial score (nSPS) is 12.7. The van der Waals surface area contributed by atoms with Crippen molar-refractivity contribution in [2.24, 2.45) is 10.7 Å². The van der Waals surface area contributed by atoms with Gasteiger partial charge < -0.3 is 5.73 Å². The van der Waals surface area contributed by atoms with Gasteiger partial charge in [0, 0.05) is 5.56 Å². The number of hydrogen-bond donors (Lipinski definition) is 1. The van der Waals surface area contributed by atoms with Crippen LogP contribution in [0.25, 0.3) is 0 Å². The van der Waals surface area contributed by atoms with Crippen LogP contribution in [-0.2, 0) is 6.54 Å². The highest BCUT2D eigenvalue weighted by molar-refractivity contribution is 6.01. The molecule has 0 atom stereocenters. The molecule has 1 aliphatic heterocycles. The van der Waals surface area contributed by atoms with Crippen molar-refractivity contribution in [3.63, 3.8) is 0 Å². The molecule has 1 aromatic rings. The van der Waals surface area contributed by atoms with Crippen molar-refractivity contribution in [2.75, 3.05) is 0 Å². The molecular formula is C12H18N2. The van der Waals surface area contributed by atoms with Gasteiger partial charge in [0.1, 0.15) is 5.84 Å². The molecule has 2 rings (SSSR count). The molecule has 2 N–H and O–H groups in total. The second-order valence-corrected chi connectivity index (χ2v) is 3.30. The van der Waals surface area contributed by atoms with E-state index in [0.717, 1.165) is 12.1 Å². The van der Waals surface area contributed by atoms with E-state index < -0.39 is 0 Å². The minimum Gasteiger partial charge on any atom is -0.383 e. The summed E-state index contributed by atoms with van der Waals surface area (Å²) in [6.45, 7) is 8.97. The third kappa shape index (κ3) is 1.79. The van der Waals surface area contributed by atoms with E-state index in [2.05, 4.69) is 31.0 Å². The van der Waals surface area contributed by atoms with Crippen LogP contribution in [0.5, 0.6) is 0 Å². The quantitative estimate of drug-likeness (QED) is 0.670. The SMILES string of the molecule is CC.Cc1cc2c(cc1C)C(N)=NC2. The Morgan fingerprint density at radius 3 is 2.36 bits per heavy atom. The molecule has 1 aromatic carbocycles. The molecule has 0 amide bonds. The summed E-state index contributed by atoms with van der Waals surface area (Å²) in [6, 6.07) is 4.30. The molecular weight excluding hydrogens is 172 g/mol. The molecule has 14 heavy (non-hydrogen) atoms. The van der Waals surface area contributed by atoms with Crippen molar-refractivity contribution < 1.29 is 0 Å². The Morgan fingerprint density at radius 1 is 1.14 bits per heavy atom. The van der Waals surface area contributed by atoms with Gasteiger partial charge in [-0.15, -0.1) is 0 Å². The molecule has 0 radical (unpaired) electrons. The van der Waals surface area contributed by atoms with Gasteiger partial charge in [0.15, 0.2) is 0 Å². The number of nitrogens with zero attached hydrogens (tertiary/aromatic N) is 1. The van der Waals surface area contributed by atoms with Crippen LogP contribution in [0.15, 0.2) is 17.1 Å². The van der Waals surface area contributed by atoms with Gasteiger partial charge in [-0.1, -0.05) is 19.9 Å². The predicted octanol–water partition coefficient (Wildman–Crippen LogP) is 2.55. The first-order chi connectivity index (χ1) is 6.68. The van der Waals surface area contributed by atoms with Crippen LogP contribution in [0.1, 0.15) is 36.1 Å². The average molecular weight is 190 g/mol. The van der Waals surface area contributed by atoms with Crippen LogP contribution in [0.3, 0.4) is 0 Å². The lowest BCUT2D eigenvalue weighted by Crippen LogP contribution is -2.10. The summed E-state index contributed by atoms with van der Waals surface area (Å²) >= 11 is 0. The van der Waals surface area contributed by atoms with Gasteiger partial charge in [-0.05, 0) is 36.6 Å². The van der Waals surface area contributed by atoms with E-state index in [1.165, 1.54) is 16.7 Å². The Bertz CT molecular complexity index is 365. The molecule has 2 heteroatoms. The molecule has 0 aliphatic carbocycles. The molecule has 2 nitrogen and oxygen atoms in total. The van der Waals surface area contributed by atoms with E-state index in [1.54, 1.807) is 0 Å². The van der Waals surface area contributed by atoms with E-state index in [-0.39, 0.29) is 0 Å². The summed E-state index contributed by atoms with van der Waals surface area (Å²) in [6.07, 6.45) is 0. The molecule has 1 aliphatic rings. The number of benzene rings is 1. The second kappa shape index (κ2) is 4.27. The van der Waals surface area contributed by atoms with Crippen LogP contribution in [0.2, 0.25) is 0 Å². The van der Waals surface area contributed by atoms with E-state index in [4.69, 9.17) is 5.73 Å². The largest absolute Gasteiger partial charge is 0.383 e. The van der Waals surface area contributed by atoms with E-state index in [0.29, 0.717) is 5.84 Å². The summed E-state index contributed by atoms with van der Waals surface area (Å²) in [4.78, 5) is 4.18. The van der Waals surface area contributed by atoms with Crippen molar-refractivity contribution in [3.8, 4) is 0 Å². The molecule has 0 unspecified atom stereocenters. The zero-order chi connectivity index (χ0) is 10.7. The number of aryl methyl sites for hydroxylation is 2. The standard InChI is InChI=1S/C10H12N2.C2H6/c1-6-3-8-5-12-10(11)9(8)4-7(6)2;1-2/h3-4H,5H2,1-2H3,(H2,11,12);1-2H3. The number of amidine groups is 1. The highest BCUT2D eigenvalue weighted by Gasteiger charge is 2.13. The first-order valence-corrected chi connectivity index (χ1v) is 5.09. The van der Waals surface area contributed by atoms with Gasteiger partial charge in [0.05, 0.1) is 6.54 Å². The smallest absolute Gasteiger partial charge is 0.126 e. The maximum atomic E-state index is 5.72. The third-order valence-electron chi connectivity index (χ3n) is 2.42. The number of rotatable bonds is 0. The Kier molecular flexibility index (Phi) is 3.28. The van der Waals surface area contributed by atoms with Crippen molar-refractivity contribution in [2.45, 2.75) is 34.2 Å². The molecule has 0 spiro atoms. The molecule has 1 heterocycles. The van der Waals surface area contributed by atoms with Gasteiger partial charge in [-0.25, -0.2) is 0 Å². The topological polar surface area (TPSA) is 38.4 Å². The van der Waals surface area contributed by atoms with Gasteiger partial charge in [-0.3, -0.25) is 4.99 Å². The first-order valence-electron chi connectivity index (χ1n) is 5.09. The molecule has 76 valence electrons. The Hall–Kier alpha value is -1.31. The first kappa shape index (κ1) is 10.8. The van der Waals surface area contributed by atoms with Gasteiger partial charge in [0.2, 0.25) is 0 Å². The number of nitrogens with two attached hydrogens (primary N) is 1. The van der Waals surface area contributed by atoms with Crippen LogP contribution in [0.4, 0.5) is 0 Å². The third-order valence-corrected chi connectivity index (χ3v) is 2.42. The lowest BCUT2D eigenvalue weighted by Gasteiger charge is -2.04. The van der Waals surface area contributed by atoms with E-state index >= 15 is 0 Å². The van der Waals surface area contributed by atoms with Crippen LogP contribution >= 0.6 is 0 Å². The molecule has 0 fully saturated rings. The zero-order valence-corrected chi connectivity index (χ0v) is 9.39. The summed E-state index contributed by atoms with van der Waals surface area (Å²) in [7, 11) is 0. The lowest BCUT2D eigenvalue weighted by atomic mass is 10.0. The fourth-order valence-electron chi connectivity index (χ4n) is 1.50. The minimum absolute atomic E-state index is 0.688. The van der Waals surface area contributed by atoms with Gasteiger partial charge in [-0.2, -0.15) is 0 Å². The van der Waals surface area contributed by atoms with Crippen LogP contribution < -0.4 is 5.73 Å². The minimum atomic E-state index is 0.688. The summed E-state index contributed by atoms with van der Waals surface area (Å²) in [5, 5.41) is 0. The molecule has 0 saturated heterocycles. The van der Waals surface area contributed by atoms with Gasteiger partial charge in [0.25, 0.3) is 0 Å². The Balaban J connectivity index is 0.000000461.